The van der Waals surface area contributed by atoms with Crippen molar-refractivity contribution in [3.8, 4) is 11.5 Å². The first-order valence-electron chi connectivity index (χ1n) is 9.38. The van der Waals surface area contributed by atoms with E-state index in [1.807, 2.05) is 30.3 Å². The number of carbonyl (C=O) groups excluding carboxylic acids is 2. The van der Waals surface area contributed by atoms with Crippen LogP contribution in [0, 0.1) is 0 Å². The summed E-state index contributed by atoms with van der Waals surface area (Å²) >= 11 is 7.06. The third-order valence-corrected chi connectivity index (χ3v) is 5.39. The van der Waals surface area contributed by atoms with Gasteiger partial charge in [0.15, 0.2) is 16.7 Å². The van der Waals surface area contributed by atoms with Crippen LogP contribution in [0.5, 0.6) is 11.5 Å². The van der Waals surface area contributed by atoms with Gasteiger partial charge in [-0.15, -0.1) is 6.58 Å². The fourth-order valence-electron chi connectivity index (χ4n) is 2.89. The zero-order valence-electron chi connectivity index (χ0n) is 17.1. The standard InChI is InChI=1S/C23H21ClN2O4S/c1-4-5-17-10-16(12-20-22(28)26-23(31-20)25-14(2)27)11-19(29-3)21(17)30-13-15-6-8-18(24)9-7-15/h4,6-12H,1,5,13H2,2-3H3,(H,25,26,27,28)/b20-12+. The molecule has 0 radical (unpaired) electrons. The van der Waals surface area contributed by atoms with E-state index in [1.54, 1.807) is 25.3 Å². The monoisotopic (exact) mass is 456 g/mol. The second kappa shape index (κ2) is 10.3. The molecule has 31 heavy (non-hydrogen) atoms. The molecule has 0 fully saturated rings. The number of hydrogen-bond acceptors (Lipinski definition) is 5. The molecule has 3 rings (SSSR count). The normalized spacial score (nSPS) is 14.4. The summed E-state index contributed by atoms with van der Waals surface area (Å²) in [6, 6.07) is 11.1. The van der Waals surface area contributed by atoms with Crippen LogP contribution in [0.1, 0.15) is 23.6 Å². The van der Waals surface area contributed by atoms with Gasteiger partial charge >= 0.3 is 0 Å². The lowest BCUT2D eigenvalue weighted by Crippen LogP contribution is -2.23. The van der Waals surface area contributed by atoms with Crippen LogP contribution in [0.3, 0.4) is 0 Å². The van der Waals surface area contributed by atoms with E-state index in [0.29, 0.717) is 34.5 Å². The van der Waals surface area contributed by atoms with Crippen LogP contribution in [-0.4, -0.2) is 24.1 Å². The number of thioether (sulfide) groups is 1. The fourth-order valence-corrected chi connectivity index (χ4v) is 3.88. The zero-order valence-corrected chi connectivity index (χ0v) is 18.7. The highest BCUT2D eigenvalue weighted by Gasteiger charge is 2.23. The highest BCUT2D eigenvalue weighted by Crippen LogP contribution is 2.36. The Kier molecular flexibility index (Phi) is 7.55. The highest BCUT2D eigenvalue weighted by molar-refractivity contribution is 8.18. The van der Waals surface area contributed by atoms with Gasteiger partial charge in [0, 0.05) is 17.5 Å². The second-order valence-electron chi connectivity index (χ2n) is 6.63. The summed E-state index contributed by atoms with van der Waals surface area (Å²) in [6.07, 6.45) is 4.04. The topological polar surface area (TPSA) is 77.0 Å². The molecule has 160 valence electrons. The number of methoxy groups -OCH3 is 1. The Balaban J connectivity index is 1.87. The van der Waals surface area contributed by atoms with Crippen LogP contribution in [0.2, 0.25) is 5.02 Å². The first-order valence-corrected chi connectivity index (χ1v) is 10.6. The van der Waals surface area contributed by atoms with Crippen molar-refractivity contribution in [3.63, 3.8) is 0 Å². The van der Waals surface area contributed by atoms with Gasteiger partial charge in [-0.25, -0.2) is 0 Å². The minimum Gasteiger partial charge on any atom is -0.493 e. The number of nitrogens with one attached hydrogen (secondary N) is 1. The number of rotatable bonds is 7. The van der Waals surface area contributed by atoms with Crippen molar-refractivity contribution in [1.29, 1.82) is 0 Å². The predicted molar refractivity (Wildman–Crippen MR) is 125 cm³/mol. The summed E-state index contributed by atoms with van der Waals surface area (Å²) in [5.74, 6) is 0.470. The number of hydrogen-bond donors (Lipinski definition) is 1. The summed E-state index contributed by atoms with van der Waals surface area (Å²) < 4.78 is 11.6. The zero-order chi connectivity index (χ0) is 22.4. The Bertz CT molecular complexity index is 1080. The Morgan fingerprint density at radius 3 is 2.68 bits per heavy atom. The van der Waals surface area contributed by atoms with Gasteiger partial charge in [-0.3, -0.25) is 9.59 Å². The molecule has 0 aliphatic carbocycles. The van der Waals surface area contributed by atoms with E-state index in [2.05, 4.69) is 16.9 Å². The van der Waals surface area contributed by atoms with Gasteiger partial charge in [-0.05, 0) is 59.7 Å². The van der Waals surface area contributed by atoms with Crippen LogP contribution < -0.4 is 14.8 Å². The van der Waals surface area contributed by atoms with Crippen LogP contribution >= 0.6 is 23.4 Å². The maximum atomic E-state index is 12.2. The third-order valence-electron chi connectivity index (χ3n) is 4.24. The molecule has 1 N–H and O–H groups in total. The first-order chi connectivity index (χ1) is 14.9. The van der Waals surface area contributed by atoms with Crippen molar-refractivity contribution in [2.24, 2.45) is 4.99 Å². The van der Waals surface area contributed by atoms with Crippen LogP contribution in [0.15, 0.2) is 59.0 Å². The molecule has 0 unspecified atom stereocenters. The Hall–Kier alpha value is -3.03. The Labute approximate surface area is 190 Å². The smallest absolute Gasteiger partial charge is 0.286 e. The summed E-state index contributed by atoms with van der Waals surface area (Å²) in [5, 5.41) is 3.46. The minimum absolute atomic E-state index is 0.268. The SMILES string of the molecule is C=CCc1cc(/C=C2/SC(NC(C)=O)=NC2=O)cc(OC)c1OCc1ccc(Cl)cc1. The molecule has 2 aromatic rings. The first kappa shape index (κ1) is 22.7. The van der Waals surface area contributed by atoms with Crippen molar-refractivity contribution >= 4 is 46.4 Å². The molecule has 1 aliphatic heterocycles. The molecule has 0 saturated carbocycles. The average molecular weight is 457 g/mol. The van der Waals surface area contributed by atoms with Crippen molar-refractivity contribution in [2.45, 2.75) is 20.0 Å². The molecule has 0 spiro atoms. The molecule has 0 atom stereocenters. The third kappa shape index (κ3) is 5.99. The number of allylic oxidation sites excluding steroid dienone is 1. The average Bonchev–Trinajstić information content (AvgIpc) is 3.06. The van der Waals surface area contributed by atoms with Gasteiger partial charge < -0.3 is 14.8 Å². The van der Waals surface area contributed by atoms with Crippen LogP contribution in [-0.2, 0) is 22.6 Å². The summed E-state index contributed by atoms with van der Waals surface area (Å²) in [7, 11) is 1.56. The van der Waals surface area contributed by atoms with E-state index in [9.17, 15) is 9.59 Å². The number of amides is 2. The lowest BCUT2D eigenvalue weighted by atomic mass is 10.0. The Morgan fingerprint density at radius 2 is 2.03 bits per heavy atom. The van der Waals surface area contributed by atoms with Gasteiger partial charge in [-0.1, -0.05) is 29.8 Å². The van der Waals surface area contributed by atoms with E-state index < -0.39 is 5.91 Å². The minimum atomic E-state index is -0.402. The van der Waals surface area contributed by atoms with Gasteiger partial charge in [0.05, 0.1) is 12.0 Å². The Morgan fingerprint density at radius 1 is 1.29 bits per heavy atom. The quantitative estimate of drug-likeness (QED) is 0.480. The summed E-state index contributed by atoms with van der Waals surface area (Å²) in [6.45, 7) is 5.53. The molecule has 8 heteroatoms. The largest absolute Gasteiger partial charge is 0.493 e. The number of benzene rings is 2. The second-order valence-corrected chi connectivity index (χ2v) is 8.10. The molecule has 0 saturated heterocycles. The number of ether oxygens (including phenoxy) is 2. The van der Waals surface area contributed by atoms with Crippen molar-refractivity contribution in [1.82, 2.24) is 5.32 Å². The number of amidine groups is 1. The molecule has 6 nitrogen and oxygen atoms in total. The molecular formula is C23H21ClN2O4S. The maximum absolute atomic E-state index is 12.2. The van der Waals surface area contributed by atoms with Gasteiger partial charge in [0.1, 0.15) is 6.61 Å². The van der Waals surface area contributed by atoms with Crippen molar-refractivity contribution in [2.75, 3.05) is 7.11 Å². The molecule has 1 heterocycles. The van der Waals surface area contributed by atoms with E-state index in [1.165, 1.54) is 6.92 Å². The van der Waals surface area contributed by atoms with Crippen LogP contribution in [0.25, 0.3) is 6.08 Å². The van der Waals surface area contributed by atoms with Gasteiger partial charge in [0.2, 0.25) is 5.91 Å². The van der Waals surface area contributed by atoms with Gasteiger partial charge in [0.25, 0.3) is 5.91 Å². The van der Waals surface area contributed by atoms with E-state index >= 15 is 0 Å². The van der Waals surface area contributed by atoms with E-state index in [4.69, 9.17) is 21.1 Å². The molecular weight excluding hydrogens is 436 g/mol. The number of nitrogens with zero attached hydrogens (tertiary/aromatic N) is 1. The lowest BCUT2D eigenvalue weighted by molar-refractivity contribution is -0.117. The molecule has 2 amide bonds. The number of halogens is 1. The number of carbonyl (C=O) groups is 2. The molecule has 0 aromatic heterocycles. The van der Waals surface area contributed by atoms with Crippen molar-refractivity contribution < 1.29 is 19.1 Å². The van der Waals surface area contributed by atoms with Gasteiger partial charge in [-0.2, -0.15) is 4.99 Å². The van der Waals surface area contributed by atoms with Crippen LogP contribution in [0.4, 0.5) is 0 Å². The van der Waals surface area contributed by atoms with Crippen molar-refractivity contribution in [3.05, 3.63) is 75.7 Å². The molecule has 2 aromatic carbocycles. The molecule has 1 aliphatic rings. The lowest BCUT2D eigenvalue weighted by Gasteiger charge is -2.16. The summed E-state index contributed by atoms with van der Waals surface area (Å²) in [5.41, 5.74) is 2.59. The molecule has 0 bridgehead atoms. The fraction of sp³-hybridized carbons (Fsp3) is 0.174. The van der Waals surface area contributed by atoms with E-state index in [0.717, 1.165) is 28.5 Å². The highest BCUT2D eigenvalue weighted by atomic mass is 35.5. The predicted octanol–water partition coefficient (Wildman–Crippen LogP) is 4.76. The summed E-state index contributed by atoms with van der Waals surface area (Å²) in [4.78, 5) is 27.6. The number of aliphatic imine (C=N–C) groups is 1. The van der Waals surface area contributed by atoms with E-state index in [-0.39, 0.29) is 11.1 Å². The maximum Gasteiger partial charge on any atom is 0.286 e.